The molecule has 1 aromatic carbocycles. The Kier molecular flexibility index (Phi) is 7.10. The lowest BCUT2D eigenvalue weighted by atomic mass is 9.79. The summed E-state index contributed by atoms with van der Waals surface area (Å²) in [5.74, 6) is 0.663. The molecule has 2 saturated heterocycles. The minimum absolute atomic E-state index is 0.00481. The van der Waals surface area contributed by atoms with E-state index in [1.807, 2.05) is 41.7 Å². The van der Waals surface area contributed by atoms with Crippen LogP contribution in [-0.4, -0.2) is 60.9 Å². The van der Waals surface area contributed by atoms with E-state index in [1.54, 1.807) is 7.11 Å². The number of ether oxygens (including phenoxy) is 3. The molecule has 0 saturated carbocycles. The molecule has 10 heteroatoms. The second kappa shape index (κ2) is 10.6. The molecule has 6 rings (SSSR count). The molecule has 3 aromatic heterocycles. The highest BCUT2D eigenvalue weighted by molar-refractivity contribution is 5.77. The first-order chi connectivity index (χ1) is 19.2. The maximum Gasteiger partial charge on any atom is 0.198 e. The molecule has 5 heterocycles. The summed E-state index contributed by atoms with van der Waals surface area (Å²) in [6.07, 6.45) is 12.8. The third-order valence-corrected chi connectivity index (χ3v) is 7.82. The molecule has 0 amide bonds. The van der Waals surface area contributed by atoms with Crippen LogP contribution in [0.1, 0.15) is 72.1 Å². The van der Waals surface area contributed by atoms with E-state index in [-0.39, 0.29) is 30.1 Å². The lowest BCUT2D eigenvalue weighted by molar-refractivity contribution is -0.0394. The minimum atomic E-state index is -0.00481. The van der Waals surface area contributed by atoms with E-state index >= 15 is 0 Å². The van der Waals surface area contributed by atoms with Gasteiger partial charge in [0, 0.05) is 48.2 Å². The summed E-state index contributed by atoms with van der Waals surface area (Å²) >= 11 is 0. The van der Waals surface area contributed by atoms with Crippen LogP contribution in [-0.2, 0) is 9.47 Å². The first-order valence-electron chi connectivity index (χ1n) is 14.1. The molecule has 0 radical (unpaired) electrons. The van der Waals surface area contributed by atoms with Crippen molar-refractivity contribution >= 4 is 11.3 Å². The van der Waals surface area contributed by atoms with E-state index in [1.165, 1.54) is 0 Å². The van der Waals surface area contributed by atoms with Crippen molar-refractivity contribution in [2.75, 3.05) is 20.5 Å². The van der Waals surface area contributed by atoms with Gasteiger partial charge < -0.3 is 24.1 Å². The molecule has 2 aliphatic heterocycles. The average Bonchev–Trinajstić information content (AvgIpc) is 3.58. The molecule has 0 spiro atoms. The number of rotatable bonds is 7. The van der Waals surface area contributed by atoms with Gasteiger partial charge in [-0.05, 0) is 77.5 Å². The van der Waals surface area contributed by atoms with E-state index in [9.17, 15) is 0 Å². The largest absolute Gasteiger partial charge is 0.467 e. The van der Waals surface area contributed by atoms with Crippen LogP contribution < -0.4 is 10.1 Å². The van der Waals surface area contributed by atoms with Gasteiger partial charge in [-0.3, -0.25) is 0 Å². The van der Waals surface area contributed by atoms with E-state index in [0.717, 1.165) is 61.0 Å². The predicted octanol–water partition coefficient (Wildman–Crippen LogP) is 5.52. The lowest BCUT2D eigenvalue weighted by Gasteiger charge is -2.46. The van der Waals surface area contributed by atoms with Gasteiger partial charge in [0.2, 0.25) is 0 Å². The summed E-state index contributed by atoms with van der Waals surface area (Å²) in [6.45, 7) is 9.92. The number of hydrogen-bond donors (Lipinski definition) is 1. The second-order valence-electron chi connectivity index (χ2n) is 12.3. The SMILES string of the molecule is COCOc1cc(-c2cnn(C3CCCCO3)c2)ccc1-c1cnc2c(ncn2C2CC(C)(C)NC(C)(C)C2)n1. The van der Waals surface area contributed by atoms with Crippen molar-refractivity contribution < 1.29 is 14.2 Å². The van der Waals surface area contributed by atoms with Crippen molar-refractivity contribution in [3.63, 3.8) is 0 Å². The number of nitrogens with one attached hydrogen (secondary N) is 1. The maximum absolute atomic E-state index is 6.01. The van der Waals surface area contributed by atoms with Gasteiger partial charge in [0.15, 0.2) is 18.1 Å². The van der Waals surface area contributed by atoms with Crippen LogP contribution in [0.4, 0.5) is 0 Å². The van der Waals surface area contributed by atoms with E-state index in [2.05, 4.69) is 53.7 Å². The van der Waals surface area contributed by atoms with Crippen LogP contribution in [0.2, 0.25) is 0 Å². The number of nitrogens with zero attached hydrogens (tertiary/aromatic N) is 6. The van der Waals surface area contributed by atoms with Crippen molar-refractivity contribution in [3.8, 4) is 28.1 Å². The van der Waals surface area contributed by atoms with Crippen LogP contribution in [0, 0.1) is 0 Å². The van der Waals surface area contributed by atoms with Crippen LogP contribution in [0.25, 0.3) is 33.7 Å². The van der Waals surface area contributed by atoms with Gasteiger partial charge in [-0.2, -0.15) is 5.10 Å². The van der Waals surface area contributed by atoms with Crippen molar-refractivity contribution in [1.82, 2.24) is 34.6 Å². The number of aromatic nitrogens is 6. The molecule has 1 atom stereocenters. The molecule has 2 aliphatic rings. The zero-order chi connectivity index (χ0) is 27.9. The second-order valence-corrected chi connectivity index (χ2v) is 12.3. The molecule has 0 bridgehead atoms. The molecule has 1 N–H and O–H groups in total. The average molecular weight is 546 g/mol. The molecular weight excluding hydrogens is 506 g/mol. The van der Waals surface area contributed by atoms with Gasteiger partial charge in [0.05, 0.1) is 24.4 Å². The van der Waals surface area contributed by atoms with Crippen LogP contribution in [0.3, 0.4) is 0 Å². The molecule has 4 aromatic rings. The Morgan fingerprint density at radius 1 is 1.05 bits per heavy atom. The van der Waals surface area contributed by atoms with Gasteiger partial charge in [-0.1, -0.05) is 6.07 Å². The summed E-state index contributed by atoms with van der Waals surface area (Å²) < 4.78 is 21.2. The van der Waals surface area contributed by atoms with Gasteiger partial charge in [0.25, 0.3) is 0 Å². The smallest absolute Gasteiger partial charge is 0.198 e. The number of piperidine rings is 1. The zero-order valence-electron chi connectivity index (χ0n) is 24.1. The Bertz CT molecular complexity index is 1470. The number of benzene rings is 1. The highest BCUT2D eigenvalue weighted by Gasteiger charge is 2.39. The van der Waals surface area contributed by atoms with E-state index in [0.29, 0.717) is 17.1 Å². The Balaban J connectivity index is 1.30. The van der Waals surface area contributed by atoms with E-state index < -0.39 is 0 Å². The number of imidazole rings is 1. The molecule has 10 nitrogen and oxygen atoms in total. The standard InChI is InChI=1S/C30H39N7O3/c1-29(2)13-22(14-30(3,4)35-29)36-18-32-27-28(36)31-16-24(34-27)23-10-9-20(12-25(23)40-19-38-5)21-15-33-37(17-21)26-8-6-7-11-39-26/h9-10,12,15-18,22,26,35H,6-8,11,13-14,19H2,1-5H3. The normalized spacial score (nSPS) is 21.1. The molecule has 1 unspecified atom stereocenters. The molecular formula is C30H39N7O3. The minimum Gasteiger partial charge on any atom is -0.467 e. The van der Waals surface area contributed by atoms with Crippen molar-refractivity contribution in [2.24, 2.45) is 0 Å². The Morgan fingerprint density at radius 3 is 2.62 bits per heavy atom. The fourth-order valence-corrected chi connectivity index (χ4v) is 6.41. The quantitative estimate of drug-likeness (QED) is 0.303. The zero-order valence-corrected chi connectivity index (χ0v) is 24.1. The van der Waals surface area contributed by atoms with Gasteiger partial charge >= 0.3 is 0 Å². The first-order valence-corrected chi connectivity index (χ1v) is 14.1. The fourth-order valence-electron chi connectivity index (χ4n) is 6.41. The summed E-state index contributed by atoms with van der Waals surface area (Å²) in [5, 5.41) is 8.33. The number of methoxy groups -OCH3 is 1. The van der Waals surface area contributed by atoms with Gasteiger partial charge in [-0.15, -0.1) is 0 Å². The first kappa shape index (κ1) is 26.9. The van der Waals surface area contributed by atoms with Crippen molar-refractivity contribution in [1.29, 1.82) is 0 Å². The summed E-state index contributed by atoms with van der Waals surface area (Å²) in [5.41, 5.74) is 4.99. The molecule has 2 fully saturated rings. The lowest BCUT2D eigenvalue weighted by Crippen LogP contribution is -2.57. The number of hydrogen-bond acceptors (Lipinski definition) is 8. The third kappa shape index (κ3) is 5.48. The van der Waals surface area contributed by atoms with Crippen molar-refractivity contribution in [2.45, 2.75) is 83.1 Å². The summed E-state index contributed by atoms with van der Waals surface area (Å²) in [7, 11) is 1.61. The maximum atomic E-state index is 6.01. The summed E-state index contributed by atoms with van der Waals surface area (Å²) in [6, 6.07) is 6.36. The van der Waals surface area contributed by atoms with Crippen LogP contribution in [0.5, 0.6) is 5.75 Å². The Morgan fingerprint density at radius 2 is 1.88 bits per heavy atom. The van der Waals surface area contributed by atoms with Crippen LogP contribution >= 0.6 is 0 Å². The van der Waals surface area contributed by atoms with E-state index in [4.69, 9.17) is 24.2 Å². The fraction of sp³-hybridized carbons (Fsp3) is 0.533. The molecule has 212 valence electrons. The molecule has 0 aliphatic carbocycles. The highest BCUT2D eigenvalue weighted by atomic mass is 16.7. The van der Waals surface area contributed by atoms with Crippen LogP contribution in [0.15, 0.2) is 43.1 Å². The monoisotopic (exact) mass is 545 g/mol. The Labute approximate surface area is 235 Å². The predicted molar refractivity (Wildman–Crippen MR) is 153 cm³/mol. The Hall–Kier alpha value is -3.34. The van der Waals surface area contributed by atoms with Crippen molar-refractivity contribution in [3.05, 3.63) is 43.1 Å². The highest BCUT2D eigenvalue weighted by Crippen LogP contribution is 2.38. The number of fused-ring (bicyclic) bond motifs is 1. The van der Waals surface area contributed by atoms with Gasteiger partial charge in [-0.25, -0.2) is 19.6 Å². The molecule has 40 heavy (non-hydrogen) atoms. The topological polar surface area (TPSA) is 101 Å². The van der Waals surface area contributed by atoms with Gasteiger partial charge in [0.1, 0.15) is 12.0 Å². The summed E-state index contributed by atoms with van der Waals surface area (Å²) in [4.78, 5) is 14.4. The third-order valence-electron chi connectivity index (χ3n) is 7.82.